The van der Waals surface area contributed by atoms with Gasteiger partial charge in [0.25, 0.3) is 0 Å². The van der Waals surface area contributed by atoms with Gasteiger partial charge in [0.15, 0.2) is 5.96 Å². The third-order valence-corrected chi connectivity index (χ3v) is 6.13. The van der Waals surface area contributed by atoms with Crippen molar-refractivity contribution in [2.24, 2.45) is 4.99 Å². The molecule has 2 N–H and O–H groups in total. The summed E-state index contributed by atoms with van der Waals surface area (Å²) >= 11 is 2.08. The topological polar surface area (TPSA) is 39.7 Å². The van der Waals surface area contributed by atoms with Crippen LogP contribution in [0.5, 0.6) is 0 Å². The van der Waals surface area contributed by atoms with Gasteiger partial charge >= 0.3 is 0 Å². The zero-order valence-corrected chi connectivity index (χ0v) is 15.3. The molecule has 0 bridgehead atoms. The number of guanidine groups is 1. The highest BCUT2D eigenvalue weighted by Gasteiger charge is 2.29. The molecule has 2 rings (SSSR count). The Morgan fingerprint density at radius 2 is 2.00 bits per heavy atom. The molecular formula is C17H34N4S. The number of thioether (sulfide) groups is 1. The van der Waals surface area contributed by atoms with E-state index in [4.69, 9.17) is 4.99 Å². The van der Waals surface area contributed by atoms with E-state index < -0.39 is 0 Å². The normalized spacial score (nSPS) is 26.5. The molecule has 0 amide bonds. The fraction of sp³-hybridized carbons (Fsp3) is 0.941. The Kier molecular flexibility index (Phi) is 7.87. The summed E-state index contributed by atoms with van der Waals surface area (Å²) in [5.74, 6) is 2.30. The van der Waals surface area contributed by atoms with E-state index in [0.29, 0.717) is 4.75 Å². The first-order valence-corrected chi connectivity index (χ1v) is 10.1. The van der Waals surface area contributed by atoms with Crippen LogP contribution < -0.4 is 10.6 Å². The fourth-order valence-corrected chi connectivity index (χ4v) is 4.45. The van der Waals surface area contributed by atoms with Crippen LogP contribution in [0.25, 0.3) is 0 Å². The molecule has 128 valence electrons. The SMILES string of the molecule is CCNC(=NCC1(C)CCCS1)NCCCCN1CCCC1. The number of aliphatic imine (C=N–C) groups is 1. The summed E-state index contributed by atoms with van der Waals surface area (Å²) in [6.45, 7) is 11.3. The molecule has 0 aliphatic carbocycles. The standard InChI is InChI=1S/C17H34N4S/c1-3-18-16(20-15-17(2)9-8-14-22-17)19-10-4-5-11-21-12-6-7-13-21/h3-15H2,1-2H3,(H2,18,19,20). The van der Waals surface area contributed by atoms with Gasteiger partial charge in [0.2, 0.25) is 0 Å². The van der Waals surface area contributed by atoms with Crippen molar-refractivity contribution in [2.45, 2.75) is 57.1 Å². The summed E-state index contributed by atoms with van der Waals surface area (Å²) in [6, 6.07) is 0. The summed E-state index contributed by atoms with van der Waals surface area (Å²) in [5.41, 5.74) is 0. The summed E-state index contributed by atoms with van der Waals surface area (Å²) in [6.07, 6.45) is 7.96. The van der Waals surface area contributed by atoms with Gasteiger partial charge < -0.3 is 15.5 Å². The number of hydrogen-bond donors (Lipinski definition) is 2. The van der Waals surface area contributed by atoms with Gasteiger partial charge in [-0.25, -0.2) is 0 Å². The molecule has 0 spiro atoms. The Hall–Kier alpha value is -0.420. The predicted octanol–water partition coefficient (Wildman–Crippen LogP) is 2.70. The van der Waals surface area contributed by atoms with E-state index >= 15 is 0 Å². The van der Waals surface area contributed by atoms with Crippen LogP contribution in [0.2, 0.25) is 0 Å². The highest BCUT2D eigenvalue weighted by molar-refractivity contribution is 8.00. The minimum atomic E-state index is 0.359. The maximum atomic E-state index is 4.81. The lowest BCUT2D eigenvalue weighted by Gasteiger charge is -2.21. The highest BCUT2D eigenvalue weighted by Crippen LogP contribution is 2.37. The second-order valence-corrected chi connectivity index (χ2v) is 8.46. The molecule has 2 heterocycles. The van der Waals surface area contributed by atoms with Crippen LogP contribution in [0.15, 0.2) is 4.99 Å². The monoisotopic (exact) mass is 326 g/mol. The molecular weight excluding hydrogens is 292 g/mol. The number of nitrogens with zero attached hydrogens (tertiary/aromatic N) is 2. The Morgan fingerprint density at radius 1 is 1.18 bits per heavy atom. The largest absolute Gasteiger partial charge is 0.357 e. The van der Waals surface area contributed by atoms with E-state index in [1.165, 1.54) is 63.9 Å². The van der Waals surface area contributed by atoms with Crippen LogP contribution in [0.3, 0.4) is 0 Å². The molecule has 0 aromatic carbocycles. The Morgan fingerprint density at radius 3 is 2.68 bits per heavy atom. The molecule has 2 fully saturated rings. The van der Waals surface area contributed by atoms with Gasteiger partial charge in [-0.2, -0.15) is 11.8 Å². The smallest absolute Gasteiger partial charge is 0.191 e. The fourth-order valence-electron chi connectivity index (χ4n) is 3.22. The van der Waals surface area contributed by atoms with Crippen molar-refractivity contribution in [3.8, 4) is 0 Å². The van der Waals surface area contributed by atoms with Gasteiger partial charge in [-0.1, -0.05) is 0 Å². The molecule has 1 atom stereocenters. The highest BCUT2D eigenvalue weighted by atomic mass is 32.2. The first-order valence-electron chi connectivity index (χ1n) is 9.10. The summed E-state index contributed by atoms with van der Waals surface area (Å²) in [7, 11) is 0. The molecule has 2 aliphatic rings. The quantitative estimate of drug-likeness (QED) is 0.409. The average Bonchev–Trinajstić information content (AvgIpc) is 3.16. The molecule has 0 saturated carbocycles. The van der Waals surface area contributed by atoms with Crippen molar-refractivity contribution in [3.05, 3.63) is 0 Å². The number of unbranched alkanes of at least 4 members (excludes halogenated alkanes) is 1. The van der Waals surface area contributed by atoms with Crippen LogP contribution in [0.4, 0.5) is 0 Å². The second-order valence-electron chi connectivity index (χ2n) is 6.78. The van der Waals surface area contributed by atoms with Gasteiger partial charge in [0.1, 0.15) is 0 Å². The van der Waals surface area contributed by atoms with Crippen molar-refractivity contribution >= 4 is 17.7 Å². The van der Waals surface area contributed by atoms with E-state index in [2.05, 4.69) is 41.1 Å². The maximum absolute atomic E-state index is 4.81. The van der Waals surface area contributed by atoms with E-state index in [-0.39, 0.29) is 0 Å². The zero-order valence-electron chi connectivity index (χ0n) is 14.5. The molecule has 2 saturated heterocycles. The van der Waals surface area contributed by atoms with Crippen LogP contribution >= 0.6 is 11.8 Å². The van der Waals surface area contributed by atoms with Crippen molar-refractivity contribution in [3.63, 3.8) is 0 Å². The van der Waals surface area contributed by atoms with Crippen LogP contribution in [-0.2, 0) is 0 Å². The minimum Gasteiger partial charge on any atom is -0.357 e. The van der Waals surface area contributed by atoms with Crippen molar-refractivity contribution < 1.29 is 0 Å². The van der Waals surface area contributed by atoms with Crippen LogP contribution in [-0.4, -0.2) is 60.6 Å². The number of rotatable bonds is 8. The molecule has 0 aromatic rings. The van der Waals surface area contributed by atoms with Crippen molar-refractivity contribution in [1.29, 1.82) is 0 Å². The predicted molar refractivity (Wildman–Crippen MR) is 99.0 cm³/mol. The number of likely N-dealkylation sites (tertiary alicyclic amines) is 1. The van der Waals surface area contributed by atoms with Crippen molar-refractivity contribution in [2.75, 3.05) is 45.0 Å². The van der Waals surface area contributed by atoms with E-state index in [9.17, 15) is 0 Å². The zero-order chi connectivity index (χ0) is 15.7. The van der Waals surface area contributed by atoms with Gasteiger partial charge in [-0.3, -0.25) is 4.99 Å². The molecule has 1 unspecified atom stereocenters. The summed E-state index contributed by atoms with van der Waals surface area (Å²) < 4.78 is 0.359. The molecule has 5 heteroatoms. The van der Waals surface area contributed by atoms with Gasteiger partial charge in [0, 0.05) is 17.8 Å². The Bertz CT molecular complexity index is 334. The van der Waals surface area contributed by atoms with E-state index in [1.54, 1.807) is 0 Å². The summed E-state index contributed by atoms with van der Waals surface area (Å²) in [4.78, 5) is 7.40. The third-order valence-electron chi connectivity index (χ3n) is 4.61. The third kappa shape index (κ3) is 6.37. The molecule has 2 aliphatic heterocycles. The minimum absolute atomic E-state index is 0.359. The average molecular weight is 327 g/mol. The number of hydrogen-bond acceptors (Lipinski definition) is 3. The van der Waals surface area contributed by atoms with Gasteiger partial charge in [-0.15, -0.1) is 0 Å². The lowest BCUT2D eigenvalue weighted by molar-refractivity contribution is 0.330. The molecule has 4 nitrogen and oxygen atoms in total. The molecule has 0 aromatic heterocycles. The summed E-state index contributed by atoms with van der Waals surface area (Å²) in [5, 5.41) is 6.87. The van der Waals surface area contributed by atoms with Crippen LogP contribution in [0, 0.1) is 0 Å². The molecule has 22 heavy (non-hydrogen) atoms. The van der Waals surface area contributed by atoms with Gasteiger partial charge in [-0.05, 0) is 77.8 Å². The number of nitrogens with one attached hydrogen (secondary N) is 2. The first kappa shape index (κ1) is 17.9. The Balaban J connectivity index is 1.62. The lowest BCUT2D eigenvalue weighted by atomic mass is 10.1. The Labute approximate surface area is 140 Å². The van der Waals surface area contributed by atoms with Gasteiger partial charge in [0.05, 0.1) is 6.54 Å². The van der Waals surface area contributed by atoms with E-state index in [1.807, 2.05) is 0 Å². The maximum Gasteiger partial charge on any atom is 0.191 e. The second kappa shape index (κ2) is 9.66. The molecule has 0 radical (unpaired) electrons. The lowest BCUT2D eigenvalue weighted by Crippen LogP contribution is -2.39. The van der Waals surface area contributed by atoms with Crippen molar-refractivity contribution in [1.82, 2.24) is 15.5 Å². The van der Waals surface area contributed by atoms with E-state index in [0.717, 1.165) is 25.6 Å². The van der Waals surface area contributed by atoms with Crippen LogP contribution in [0.1, 0.15) is 52.4 Å². The first-order chi connectivity index (χ1) is 10.7.